The summed E-state index contributed by atoms with van der Waals surface area (Å²) in [6.07, 6.45) is 2.04. The highest BCUT2D eigenvalue weighted by atomic mass is 32.2. The summed E-state index contributed by atoms with van der Waals surface area (Å²) in [4.78, 5) is 15.9. The van der Waals surface area contributed by atoms with Crippen LogP contribution in [0.25, 0.3) is 0 Å². The molecule has 4 nitrogen and oxygen atoms in total. The van der Waals surface area contributed by atoms with Gasteiger partial charge in [-0.1, -0.05) is 24.3 Å². The van der Waals surface area contributed by atoms with Crippen LogP contribution in [0, 0.1) is 0 Å². The van der Waals surface area contributed by atoms with Gasteiger partial charge in [0.2, 0.25) is 5.91 Å². The molecule has 0 aromatic heterocycles. The van der Waals surface area contributed by atoms with Crippen LogP contribution in [-0.2, 0) is 4.79 Å². The van der Waals surface area contributed by atoms with E-state index in [0.29, 0.717) is 19.0 Å². The van der Waals surface area contributed by atoms with Gasteiger partial charge in [-0.3, -0.25) is 4.79 Å². The highest BCUT2D eigenvalue weighted by molar-refractivity contribution is 8.00. The second-order valence-corrected chi connectivity index (χ2v) is 7.30. The summed E-state index contributed by atoms with van der Waals surface area (Å²) in [6, 6.07) is 16.3. The lowest BCUT2D eigenvalue weighted by atomic mass is 10.0. The van der Waals surface area contributed by atoms with Crippen molar-refractivity contribution in [3.63, 3.8) is 0 Å². The largest absolute Gasteiger partial charge is 0.486 e. The van der Waals surface area contributed by atoms with Crippen molar-refractivity contribution in [1.29, 1.82) is 0 Å². The van der Waals surface area contributed by atoms with Crippen molar-refractivity contribution in [3.05, 3.63) is 54.1 Å². The molecule has 4 rings (SSSR count). The summed E-state index contributed by atoms with van der Waals surface area (Å²) < 4.78 is 11.3. The molecule has 130 valence electrons. The maximum absolute atomic E-state index is 12.7. The van der Waals surface area contributed by atoms with Crippen molar-refractivity contribution in [1.82, 2.24) is 4.90 Å². The van der Waals surface area contributed by atoms with Crippen LogP contribution in [0.15, 0.2) is 53.4 Å². The first-order chi connectivity index (χ1) is 12.3. The first-order valence-corrected chi connectivity index (χ1v) is 9.67. The molecule has 2 aliphatic heterocycles. The smallest absolute Gasteiger partial charge is 0.233 e. The number of hydrogen-bond donors (Lipinski definition) is 0. The minimum atomic E-state index is 0.139. The van der Waals surface area contributed by atoms with Gasteiger partial charge in [0.1, 0.15) is 13.2 Å². The quantitative estimate of drug-likeness (QED) is 0.780. The predicted molar refractivity (Wildman–Crippen MR) is 98.3 cm³/mol. The minimum Gasteiger partial charge on any atom is -0.486 e. The van der Waals surface area contributed by atoms with Crippen LogP contribution < -0.4 is 9.47 Å². The van der Waals surface area contributed by atoms with E-state index in [2.05, 4.69) is 6.07 Å². The molecule has 0 saturated carbocycles. The van der Waals surface area contributed by atoms with Crippen LogP contribution in [0.1, 0.15) is 24.4 Å². The molecule has 1 saturated heterocycles. The highest BCUT2D eigenvalue weighted by Crippen LogP contribution is 2.38. The third-order valence-corrected chi connectivity index (χ3v) is 5.63. The number of likely N-dealkylation sites (tertiary alicyclic amines) is 1. The number of rotatable bonds is 4. The van der Waals surface area contributed by atoms with Crippen LogP contribution >= 0.6 is 11.8 Å². The van der Waals surface area contributed by atoms with Crippen LogP contribution in [-0.4, -0.2) is 36.3 Å². The Hall–Kier alpha value is -2.14. The Balaban J connectivity index is 1.45. The van der Waals surface area contributed by atoms with E-state index in [1.807, 2.05) is 47.4 Å². The van der Waals surface area contributed by atoms with Gasteiger partial charge in [-0.2, -0.15) is 0 Å². The molecule has 0 spiro atoms. The number of fused-ring (bicyclic) bond motifs is 1. The maximum atomic E-state index is 12.7. The summed E-state index contributed by atoms with van der Waals surface area (Å²) in [6.45, 7) is 2.00. The maximum Gasteiger partial charge on any atom is 0.233 e. The average Bonchev–Trinajstić information content (AvgIpc) is 3.16. The molecule has 0 unspecified atom stereocenters. The summed E-state index contributed by atoms with van der Waals surface area (Å²) in [5.41, 5.74) is 1.14. The second kappa shape index (κ2) is 7.40. The summed E-state index contributed by atoms with van der Waals surface area (Å²) in [7, 11) is 0. The molecule has 2 aliphatic rings. The molecule has 2 aromatic carbocycles. The summed E-state index contributed by atoms with van der Waals surface area (Å²) >= 11 is 1.60. The van der Waals surface area contributed by atoms with Crippen LogP contribution in [0.4, 0.5) is 0 Å². The van der Waals surface area contributed by atoms with Crippen molar-refractivity contribution in [2.24, 2.45) is 0 Å². The molecule has 0 bridgehead atoms. The third-order valence-electron chi connectivity index (χ3n) is 4.63. The number of thioether (sulfide) groups is 1. The number of amides is 1. The van der Waals surface area contributed by atoms with Crippen molar-refractivity contribution >= 4 is 17.7 Å². The Kier molecular flexibility index (Phi) is 4.83. The standard InChI is InChI=1S/C20H21NO3S/c22-20(14-25-16-5-2-1-3-6-16)21-10-4-7-17(21)15-8-9-18-19(13-15)24-12-11-23-18/h1-3,5-6,8-9,13,17H,4,7,10-12,14H2/t17-/m1/s1. The van der Waals surface area contributed by atoms with Crippen LogP contribution in [0.2, 0.25) is 0 Å². The molecule has 2 heterocycles. The Bertz CT molecular complexity index is 750. The van der Waals surface area contributed by atoms with Gasteiger partial charge in [0.05, 0.1) is 11.8 Å². The first-order valence-electron chi connectivity index (χ1n) is 8.68. The fourth-order valence-electron chi connectivity index (χ4n) is 3.42. The van der Waals surface area contributed by atoms with E-state index in [9.17, 15) is 4.79 Å². The number of ether oxygens (including phenoxy) is 2. The topological polar surface area (TPSA) is 38.8 Å². The molecular formula is C20H21NO3S. The van der Waals surface area contributed by atoms with Gasteiger partial charge in [0.25, 0.3) is 0 Å². The van der Waals surface area contributed by atoms with Crippen molar-refractivity contribution < 1.29 is 14.3 Å². The van der Waals surface area contributed by atoms with E-state index in [4.69, 9.17) is 9.47 Å². The fraction of sp³-hybridized carbons (Fsp3) is 0.350. The van der Waals surface area contributed by atoms with Gasteiger partial charge >= 0.3 is 0 Å². The number of hydrogen-bond acceptors (Lipinski definition) is 4. The zero-order valence-electron chi connectivity index (χ0n) is 14.0. The van der Waals surface area contributed by atoms with E-state index in [-0.39, 0.29) is 11.9 Å². The molecule has 1 atom stereocenters. The zero-order chi connectivity index (χ0) is 17.1. The van der Waals surface area contributed by atoms with Gasteiger partial charge in [0, 0.05) is 11.4 Å². The molecular weight excluding hydrogens is 334 g/mol. The average molecular weight is 355 g/mol. The Morgan fingerprint density at radius 1 is 1.08 bits per heavy atom. The van der Waals surface area contributed by atoms with Gasteiger partial charge in [-0.25, -0.2) is 0 Å². The Morgan fingerprint density at radius 2 is 1.88 bits per heavy atom. The zero-order valence-corrected chi connectivity index (χ0v) is 14.8. The normalized spacial score (nSPS) is 19.0. The first kappa shape index (κ1) is 16.3. The van der Waals surface area contributed by atoms with Crippen molar-refractivity contribution in [3.8, 4) is 11.5 Å². The van der Waals surface area contributed by atoms with Crippen molar-refractivity contribution in [2.75, 3.05) is 25.5 Å². The SMILES string of the molecule is O=C(CSc1ccccc1)N1CCC[C@@H]1c1ccc2c(c1)OCCO2. The molecule has 0 N–H and O–H groups in total. The molecule has 2 aromatic rings. The third kappa shape index (κ3) is 3.61. The molecule has 1 fully saturated rings. The van der Waals surface area contributed by atoms with Crippen LogP contribution in [0.5, 0.6) is 11.5 Å². The summed E-state index contributed by atoms with van der Waals surface area (Å²) in [5, 5.41) is 0. The highest BCUT2D eigenvalue weighted by Gasteiger charge is 2.30. The van der Waals surface area contributed by atoms with Gasteiger partial charge in [-0.15, -0.1) is 11.8 Å². The van der Waals surface area contributed by atoms with E-state index in [0.717, 1.165) is 41.3 Å². The van der Waals surface area contributed by atoms with E-state index in [1.54, 1.807) is 11.8 Å². The van der Waals surface area contributed by atoms with E-state index in [1.165, 1.54) is 0 Å². The molecule has 5 heteroatoms. The van der Waals surface area contributed by atoms with Crippen molar-refractivity contribution in [2.45, 2.75) is 23.8 Å². The number of carbonyl (C=O) groups excluding carboxylic acids is 1. The predicted octanol–water partition coefficient (Wildman–Crippen LogP) is 3.91. The van der Waals surface area contributed by atoms with E-state index < -0.39 is 0 Å². The lowest BCUT2D eigenvalue weighted by Crippen LogP contribution is -2.32. The molecule has 0 aliphatic carbocycles. The molecule has 25 heavy (non-hydrogen) atoms. The Labute approximate surface area is 152 Å². The Morgan fingerprint density at radius 3 is 2.72 bits per heavy atom. The van der Waals surface area contributed by atoms with Gasteiger partial charge in [0.15, 0.2) is 11.5 Å². The monoisotopic (exact) mass is 355 g/mol. The number of carbonyl (C=O) groups is 1. The van der Waals surface area contributed by atoms with Crippen LogP contribution in [0.3, 0.4) is 0 Å². The number of nitrogens with zero attached hydrogens (tertiary/aromatic N) is 1. The lowest BCUT2D eigenvalue weighted by molar-refractivity contribution is -0.129. The second-order valence-electron chi connectivity index (χ2n) is 6.25. The lowest BCUT2D eigenvalue weighted by Gasteiger charge is -2.26. The summed E-state index contributed by atoms with van der Waals surface area (Å²) in [5.74, 6) is 2.27. The van der Waals surface area contributed by atoms with E-state index >= 15 is 0 Å². The number of benzene rings is 2. The molecule has 1 amide bonds. The van der Waals surface area contributed by atoms with Gasteiger partial charge in [-0.05, 0) is 42.7 Å². The molecule has 0 radical (unpaired) electrons. The van der Waals surface area contributed by atoms with Gasteiger partial charge < -0.3 is 14.4 Å². The minimum absolute atomic E-state index is 0.139. The fourth-order valence-corrected chi connectivity index (χ4v) is 4.23.